The first-order valence-corrected chi connectivity index (χ1v) is 7.93. The quantitative estimate of drug-likeness (QED) is 0.711. The largest absolute Gasteiger partial charge is 0.351 e. The molecule has 21 heavy (non-hydrogen) atoms. The van der Waals surface area contributed by atoms with Crippen LogP contribution in [0.25, 0.3) is 0 Å². The molecule has 5 heteroatoms. The SMILES string of the molecule is CCCCCNC(=O)c1cc(C)nc(N(C)CCCC)n1. The van der Waals surface area contributed by atoms with Gasteiger partial charge in [0.25, 0.3) is 5.91 Å². The minimum atomic E-state index is -0.109. The van der Waals surface area contributed by atoms with Crippen molar-refractivity contribution in [3.8, 4) is 0 Å². The molecule has 0 aliphatic heterocycles. The maximum absolute atomic E-state index is 12.1. The summed E-state index contributed by atoms with van der Waals surface area (Å²) in [5, 5.41) is 2.92. The number of carbonyl (C=O) groups is 1. The topological polar surface area (TPSA) is 58.1 Å². The Kier molecular flexibility index (Phi) is 7.72. The van der Waals surface area contributed by atoms with Crippen molar-refractivity contribution in [1.82, 2.24) is 15.3 Å². The smallest absolute Gasteiger partial charge is 0.270 e. The normalized spacial score (nSPS) is 10.5. The molecule has 1 aromatic heterocycles. The van der Waals surface area contributed by atoms with Crippen LogP contribution in [-0.4, -0.2) is 36.0 Å². The summed E-state index contributed by atoms with van der Waals surface area (Å²) in [6.45, 7) is 7.80. The molecule has 0 bridgehead atoms. The second kappa shape index (κ2) is 9.32. The fraction of sp³-hybridized carbons (Fsp3) is 0.688. The third-order valence-electron chi connectivity index (χ3n) is 3.33. The highest BCUT2D eigenvalue weighted by Crippen LogP contribution is 2.10. The Balaban J connectivity index is 2.69. The molecule has 0 saturated heterocycles. The van der Waals surface area contributed by atoms with Crippen LogP contribution in [0.15, 0.2) is 6.07 Å². The zero-order valence-electron chi connectivity index (χ0n) is 13.8. The minimum Gasteiger partial charge on any atom is -0.351 e. The van der Waals surface area contributed by atoms with Gasteiger partial charge in [0.1, 0.15) is 5.69 Å². The van der Waals surface area contributed by atoms with Crippen LogP contribution >= 0.6 is 0 Å². The number of unbranched alkanes of at least 4 members (excludes halogenated alkanes) is 3. The number of aryl methyl sites for hydroxylation is 1. The number of carbonyl (C=O) groups excluding carboxylic acids is 1. The van der Waals surface area contributed by atoms with Crippen molar-refractivity contribution in [2.45, 2.75) is 52.9 Å². The molecule has 0 spiro atoms. The minimum absolute atomic E-state index is 0.109. The van der Waals surface area contributed by atoms with E-state index in [1.807, 2.05) is 18.9 Å². The Bertz CT molecular complexity index is 448. The van der Waals surface area contributed by atoms with E-state index >= 15 is 0 Å². The van der Waals surface area contributed by atoms with E-state index in [1.54, 1.807) is 6.07 Å². The van der Waals surface area contributed by atoms with E-state index in [0.29, 0.717) is 18.2 Å². The highest BCUT2D eigenvalue weighted by molar-refractivity contribution is 5.92. The van der Waals surface area contributed by atoms with Crippen molar-refractivity contribution in [1.29, 1.82) is 0 Å². The van der Waals surface area contributed by atoms with Gasteiger partial charge in [-0.05, 0) is 25.8 Å². The van der Waals surface area contributed by atoms with Crippen molar-refractivity contribution in [3.05, 3.63) is 17.5 Å². The lowest BCUT2D eigenvalue weighted by Crippen LogP contribution is -2.27. The number of rotatable bonds is 9. The van der Waals surface area contributed by atoms with Crippen LogP contribution in [0.1, 0.15) is 62.1 Å². The number of amides is 1. The molecule has 1 amide bonds. The van der Waals surface area contributed by atoms with Crippen molar-refractivity contribution in [2.24, 2.45) is 0 Å². The Morgan fingerprint density at radius 2 is 1.90 bits per heavy atom. The van der Waals surface area contributed by atoms with Crippen LogP contribution in [-0.2, 0) is 0 Å². The van der Waals surface area contributed by atoms with E-state index in [1.165, 1.54) is 0 Å². The zero-order valence-corrected chi connectivity index (χ0v) is 13.8. The van der Waals surface area contributed by atoms with Crippen LogP contribution in [0, 0.1) is 6.92 Å². The first-order chi connectivity index (χ1) is 10.1. The lowest BCUT2D eigenvalue weighted by molar-refractivity contribution is 0.0947. The monoisotopic (exact) mass is 292 g/mol. The molecule has 0 saturated carbocycles. The summed E-state index contributed by atoms with van der Waals surface area (Å²) < 4.78 is 0. The van der Waals surface area contributed by atoms with E-state index in [4.69, 9.17) is 0 Å². The lowest BCUT2D eigenvalue weighted by Gasteiger charge is -2.17. The molecule has 0 atom stereocenters. The van der Waals surface area contributed by atoms with Crippen molar-refractivity contribution >= 4 is 11.9 Å². The van der Waals surface area contributed by atoms with Crippen LogP contribution in [0.4, 0.5) is 5.95 Å². The molecular weight excluding hydrogens is 264 g/mol. The second-order valence-corrected chi connectivity index (χ2v) is 5.43. The highest BCUT2D eigenvalue weighted by atomic mass is 16.1. The summed E-state index contributed by atoms with van der Waals surface area (Å²) in [4.78, 5) is 22.9. The molecule has 1 aromatic rings. The molecule has 1 rings (SSSR count). The summed E-state index contributed by atoms with van der Waals surface area (Å²) in [7, 11) is 1.97. The van der Waals surface area contributed by atoms with Crippen LogP contribution in [0.3, 0.4) is 0 Å². The predicted molar refractivity (Wildman–Crippen MR) is 86.8 cm³/mol. The number of anilines is 1. The summed E-state index contributed by atoms with van der Waals surface area (Å²) in [5.74, 6) is 0.518. The standard InChI is InChI=1S/C16H28N4O/c1-5-7-9-10-17-15(21)14-12-13(3)18-16(19-14)20(4)11-8-6-2/h12H,5-11H2,1-4H3,(H,17,21). The molecule has 0 aliphatic carbocycles. The fourth-order valence-corrected chi connectivity index (χ4v) is 2.00. The van der Waals surface area contributed by atoms with Gasteiger partial charge in [0.2, 0.25) is 5.95 Å². The van der Waals surface area contributed by atoms with E-state index < -0.39 is 0 Å². The van der Waals surface area contributed by atoms with Crippen molar-refractivity contribution < 1.29 is 4.79 Å². The van der Waals surface area contributed by atoms with Gasteiger partial charge < -0.3 is 10.2 Å². The van der Waals surface area contributed by atoms with Gasteiger partial charge >= 0.3 is 0 Å². The second-order valence-electron chi connectivity index (χ2n) is 5.43. The maximum atomic E-state index is 12.1. The van der Waals surface area contributed by atoms with Gasteiger partial charge in [-0.2, -0.15) is 0 Å². The highest BCUT2D eigenvalue weighted by Gasteiger charge is 2.12. The first kappa shape index (κ1) is 17.4. The average Bonchev–Trinajstić information content (AvgIpc) is 2.48. The van der Waals surface area contributed by atoms with E-state index in [9.17, 15) is 4.79 Å². The number of nitrogens with zero attached hydrogens (tertiary/aromatic N) is 3. The van der Waals surface area contributed by atoms with Gasteiger partial charge in [0, 0.05) is 25.8 Å². The summed E-state index contributed by atoms with van der Waals surface area (Å²) in [6.07, 6.45) is 5.51. The van der Waals surface area contributed by atoms with Gasteiger partial charge in [-0.25, -0.2) is 9.97 Å². The maximum Gasteiger partial charge on any atom is 0.270 e. The number of nitrogens with one attached hydrogen (secondary N) is 1. The van der Waals surface area contributed by atoms with Gasteiger partial charge in [0.05, 0.1) is 0 Å². The van der Waals surface area contributed by atoms with E-state index in [-0.39, 0.29) is 5.91 Å². The lowest BCUT2D eigenvalue weighted by atomic mass is 10.2. The molecule has 0 aromatic carbocycles. The summed E-state index contributed by atoms with van der Waals surface area (Å²) in [5.41, 5.74) is 1.28. The van der Waals surface area contributed by atoms with Crippen molar-refractivity contribution in [3.63, 3.8) is 0 Å². The molecule has 1 heterocycles. The molecular formula is C16H28N4O. The average molecular weight is 292 g/mol. The van der Waals surface area contributed by atoms with Crippen LogP contribution in [0.2, 0.25) is 0 Å². The summed E-state index contributed by atoms with van der Waals surface area (Å²) >= 11 is 0. The van der Waals surface area contributed by atoms with Gasteiger partial charge in [0.15, 0.2) is 0 Å². The Morgan fingerprint density at radius 3 is 2.57 bits per heavy atom. The zero-order chi connectivity index (χ0) is 15.7. The molecule has 0 unspecified atom stereocenters. The fourth-order valence-electron chi connectivity index (χ4n) is 2.00. The van der Waals surface area contributed by atoms with Gasteiger partial charge in [-0.1, -0.05) is 33.1 Å². The summed E-state index contributed by atoms with van der Waals surface area (Å²) in [6, 6.07) is 1.74. The number of hydrogen-bond donors (Lipinski definition) is 1. The molecule has 0 radical (unpaired) electrons. The van der Waals surface area contributed by atoms with Crippen molar-refractivity contribution in [2.75, 3.05) is 25.0 Å². The van der Waals surface area contributed by atoms with Gasteiger partial charge in [-0.15, -0.1) is 0 Å². The third kappa shape index (κ3) is 6.10. The number of hydrogen-bond acceptors (Lipinski definition) is 4. The van der Waals surface area contributed by atoms with Crippen LogP contribution < -0.4 is 10.2 Å². The predicted octanol–water partition coefficient (Wildman–Crippen LogP) is 2.94. The van der Waals surface area contributed by atoms with E-state index in [2.05, 4.69) is 29.1 Å². The molecule has 118 valence electrons. The third-order valence-corrected chi connectivity index (χ3v) is 3.33. The molecule has 0 aliphatic rings. The molecule has 5 nitrogen and oxygen atoms in total. The Morgan fingerprint density at radius 1 is 1.19 bits per heavy atom. The Labute approximate surface area is 128 Å². The van der Waals surface area contributed by atoms with E-state index in [0.717, 1.165) is 44.3 Å². The molecule has 1 N–H and O–H groups in total. The number of aromatic nitrogens is 2. The van der Waals surface area contributed by atoms with Gasteiger partial charge in [-0.3, -0.25) is 4.79 Å². The molecule has 0 fully saturated rings. The van der Waals surface area contributed by atoms with Crippen LogP contribution in [0.5, 0.6) is 0 Å². The Hall–Kier alpha value is -1.65. The first-order valence-electron chi connectivity index (χ1n) is 7.93.